The first-order chi connectivity index (χ1) is 12.8. The van der Waals surface area contributed by atoms with Crippen LogP contribution < -0.4 is 10.1 Å². The summed E-state index contributed by atoms with van der Waals surface area (Å²) in [5.74, 6) is -2.08. The van der Waals surface area contributed by atoms with Gasteiger partial charge >= 0.3 is 5.97 Å². The lowest BCUT2D eigenvalue weighted by Gasteiger charge is -2.27. The van der Waals surface area contributed by atoms with Crippen molar-refractivity contribution in [1.29, 1.82) is 0 Å². The molecule has 3 N–H and O–H groups in total. The van der Waals surface area contributed by atoms with E-state index < -0.39 is 29.2 Å². The molecule has 1 unspecified atom stereocenters. The fourth-order valence-electron chi connectivity index (χ4n) is 2.55. The van der Waals surface area contributed by atoms with Crippen LogP contribution in [0.15, 0.2) is 47.5 Å². The van der Waals surface area contributed by atoms with Crippen molar-refractivity contribution in [2.24, 2.45) is 0 Å². The molecule has 0 aliphatic heterocycles. The molecule has 0 fully saturated rings. The van der Waals surface area contributed by atoms with Gasteiger partial charge < -0.3 is 20.3 Å². The third-order valence-electron chi connectivity index (χ3n) is 3.73. The molecule has 9 heteroatoms. The van der Waals surface area contributed by atoms with Crippen molar-refractivity contribution in [3.8, 4) is 11.5 Å². The number of hydrogen-bond donors (Lipinski definition) is 3. The molecular weight excluding hydrogens is 395 g/mol. The van der Waals surface area contributed by atoms with Crippen molar-refractivity contribution >= 4 is 46.0 Å². The molecular formula is C18H14Cl2N2O5. The Labute approximate surface area is 163 Å². The zero-order chi connectivity index (χ0) is 19.6. The normalized spacial score (nSPS) is 18.8. The number of aliphatic carboxylic acids is 1. The van der Waals surface area contributed by atoms with E-state index in [1.54, 1.807) is 36.4 Å². The van der Waals surface area contributed by atoms with E-state index in [2.05, 4.69) is 10.3 Å². The summed E-state index contributed by atoms with van der Waals surface area (Å²) in [4.78, 5) is 26.7. The molecule has 0 saturated heterocycles. The van der Waals surface area contributed by atoms with E-state index in [0.717, 1.165) is 0 Å². The molecule has 1 aliphatic rings. The maximum Gasteiger partial charge on any atom is 0.322 e. The predicted octanol–water partition coefficient (Wildman–Crippen LogP) is 3.15. The maximum atomic E-state index is 12.0. The Balaban J connectivity index is 1.94. The minimum absolute atomic E-state index is 0.262. The SMILES string of the molecule is O=C(O)CNC(=O)c1nc2cccc(OC3(Cl)C=CC=C(Cl)C3)c2cc1O. The number of rotatable bonds is 5. The number of aromatic nitrogens is 1. The molecule has 2 aromatic rings. The lowest BCUT2D eigenvalue weighted by molar-refractivity contribution is -0.135. The second-order valence-electron chi connectivity index (χ2n) is 5.79. The Kier molecular flexibility index (Phi) is 5.25. The number of carboxylic acid groups (broad SMARTS) is 1. The first-order valence-corrected chi connectivity index (χ1v) is 8.57. The average molecular weight is 409 g/mol. The molecule has 3 rings (SSSR count). The molecule has 0 bridgehead atoms. The fraction of sp³-hybridized carbons (Fsp3) is 0.167. The van der Waals surface area contributed by atoms with Gasteiger partial charge in [0, 0.05) is 16.8 Å². The molecule has 1 aromatic carbocycles. The van der Waals surface area contributed by atoms with Gasteiger partial charge in [0.15, 0.2) is 5.69 Å². The number of nitrogens with zero attached hydrogens (tertiary/aromatic N) is 1. The Morgan fingerprint density at radius 2 is 2.15 bits per heavy atom. The Hall–Kier alpha value is -2.77. The second kappa shape index (κ2) is 7.46. The number of halogens is 2. The van der Waals surface area contributed by atoms with Crippen LogP contribution in [-0.2, 0) is 4.79 Å². The number of hydrogen-bond acceptors (Lipinski definition) is 5. The third kappa shape index (κ3) is 4.32. The van der Waals surface area contributed by atoms with E-state index in [4.69, 9.17) is 33.0 Å². The highest BCUT2D eigenvalue weighted by Crippen LogP contribution is 2.37. The van der Waals surface area contributed by atoms with Crippen LogP contribution in [-0.4, -0.2) is 38.7 Å². The average Bonchev–Trinajstić information content (AvgIpc) is 2.59. The number of nitrogens with one attached hydrogen (secondary N) is 1. The van der Waals surface area contributed by atoms with E-state index >= 15 is 0 Å². The van der Waals surface area contributed by atoms with Crippen LogP contribution in [0.25, 0.3) is 10.9 Å². The standard InChI is InChI=1S/C18H14Cl2N2O5/c19-10-3-2-6-18(20,8-10)27-14-5-1-4-12-11(14)7-13(23)16(22-12)17(26)21-9-15(24)25/h1-7,23H,8-9H2,(H,21,26)(H,24,25). The molecule has 0 spiro atoms. The summed E-state index contributed by atoms with van der Waals surface area (Å²) in [6, 6.07) is 6.25. The van der Waals surface area contributed by atoms with Gasteiger partial charge in [-0.15, -0.1) is 0 Å². The zero-order valence-electron chi connectivity index (χ0n) is 13.8. The molecule has 140 valence electrons. The number of fused-ring (bicyclic) bond motifs is 1. The minimum atomic E-state index is -1.21. The highest BCUT2D eigenvalue weighted by atomic mass is 35.5. The summed E-state index contributed by atoms with van der Waals surface area (Å²) in [7, 11) is 0. The van der Waals surface area contributed by atoms with Gasteiger partial charge in [-0.25, -0.2) is 4.98 Å². The summed E-state index contributed by atoms with van der Waals surface area (Å²) >= 11 is 12.5. The largest absolute Gasteiger partial charge is 0.505 e. The molecule has 0 radical (unpaired) electrons. The number of carbonyl (C=O) groups excluding carboxylic acids is 1. The fourth-order valence-corrected chi connectivity index (χ4v) is 3.19. The summed E-state index contributed by atoms with van der Waals surface area (Å²) in [6.07, 6.45) is 5.31. The van der Waals surface area contributed by atoms with Crippen LogP contribution in [0, 0.1) is 0 Å². The van der Waals surface area contributed by atoms with Gasteiger partial charge in [0.2, 0.25) is 5.06 Å². The summed E-state index contributed by atoms with van der Waals surface area (Å²) in [5.41, 5.74) is 0.0810. The number of carboxylic acids is 1. The summed E-state index contributed by atoms with van der Waals surface area (Å²) in [5, 5.41) is 20.7. The first-order valence-electron chi connectivity index (χ1n) is 7.82. The molecule has 1 aliphatic carbocycles. The third-order valence-corrected chi connectivity index (χ3v) is 4.32. The number of allylic oxidation sites excluding steroid dienone is 2. The van der Waals surface area contributed by atoms with Crippen molar-refractivity contribution in [2.75, 3.05) is 6.54 Å². The summed E-state index contributed by atoms with van der Waals surface area (Å²) < 4.78 is 5.88. The highest BCUT2D eigenvalue weighted by molar-refractivity contribution is 6.32. The molecule has 1 heterocycles. The van der Waals surface area contributed by atoms with Crippen LogP contribution in [0.2, 0.25) is 0 Å². The topological polar surface area (TPSA) is 109 Å². The van der Waals surface area contributed by atoms with Gasteiger partial charge in [-0.1, -0.05) is 35.3 Å². The number of aromatic hydroxyl groups is 1. The number of pyridine rings is 1. The Morgan fingerprint density at radius 1 is 1.37 bits per heavy atom. The molecule has 7 nitrogen and oxygen atoms in total. The van der Waals surface area contributed by atoms with Gasteiger partial charge in [-0.05, 0) is 30.4 Å². The first kappa shape index (κ1) is 19.0. The molecule has 27 heavy (non-hydrogen) atoms. The van der Waals surface area contributed by atoms with Gasteiger partial charge in [-0.2, -0.15) is 0 Å². The van der Waals surface area contributed by atoms with Crippen LogP contribution in [0.5, 0.6) is 11.5 Å². The van der Waals surface area contributed by atoms with Crippen LogP contribution >= 0.6 is 23.2 Å². The van der Waals surface area contributed by atoms with E-state index in [-0.39, 0.29) is 12.1 Å². The molecule has 0 saturated carbocycles. The van der Waals surface area contributed by atoms with Crippen LogP contribution in [0.1, 0.15) is 16.9 Å². The number of benzene rings is 1. The van der Waals surface area contributed by atoms with Crippen molar-refractivity contribution in [1.82, 2.24) is 10.3 Å². The van der Waals surface area contributed by atoms with Crippen molar-refractivity contribution in [3.63, 3.8) is 0 Å². The van der Waals surface area contributed by atoms with E-state index in [0.29, 0.717) is 21.7 Å². The lowest BCUT2D eigenvalue weighted by Crippen LogP contribution is -2.30. The smallest absolute Gasteiger partial charge is 0.322 e. The summed E-state index contributed by atoms with van der Waals surface area (Å²) in [6.45, 7) is -0.587. The Bertz CT molecular complexity index is 989. The van der Waals surface area contributed by atoms with Crippen molar-refractivity contribution in [2.45, 2.75) is 11.5 Å². The lowest BCUT2D eigenvalue weighted by atomic mass is 10.1. The number of ether oxygens (including phenoxy) is 1. The number of carbonyl (C=O) groups is 2. The van der Waals surface area contributed by atoms with Gasteiger partial charge in [0.25, 0.3) is 5.91 Å². The van der Waals surface area contributed by atoms with E-state index in [1.165, 1.54) is 6.07 Å². The monoisotopic (exact) mass is 408 g/mol. The van der Waals surface area contributed by atoms with E-state index in [1.807, 2.05) is 0 Å². The van der Waals surface area contributed by atoms with Crippen LogP contribution in [0.4, 0.5) is 0 Å². The van der Waals surface area contributed by atoms with Crippen molar-refractivity contribution < 1.29 is 24.5 Å². The second-order valence-corrected chi connectivity index (χ2v) is 6.92. The van der Waals surface area contributed by atoms with E-state index in [9.17, 15) is 14.7 Å². The maximum absolute atomic E-state index is 12.0. The quantitative estimate of drug-likeness (QED) is 0.655. The van der Waals surface area contributed by atoms with Gasteiger partial charge in [-0.3, -0.25) is 9.59 Å². The molecule has 1 amide bonds. The molecule has 1 atom stereocenters. The Morgan fingerprint density at radius 3 is 2.85 bits per heavy atom. The minimum Gasteiger partial charge on any atom is -0.505 e. The number of alkyl halides is 1. The molecule has 1 aromatic heterocycles. The van der Waals surface area contributed by atoms with Crippen molar-refractivity contribution in [3.05, 3.63) is 53.2 Å². The zero-order valence-corrected chi connectivity index (χ0v) is 15.3. The highest BCUT2D eigenvalue weighted by Gasteiger charge is 2.30. The van der Waals surface area contributed by atoms with Crippen LogP contribution in [0.3, 0.4) is 0 Å². The van der Waals surface area contributed by atoms with Gasteiger partial charge in [0.05, 0.1) is 5.52 Å². The van der Waals surface area contributed by atoms with Gasteiger partial charge in [0.1, 0.15) is 18.0 Å². The number of amides is 1. The predicted molar refractivity (Wildman–Crippen MR) is 100 cm³/mol.